The molecule has 3 heteroatoms. The van der Waals surface area contributed by atoms with Crippen LogP contribution >= 0.6 is 0 Å². The van der Waals surface area contributed by atoms with E-state index in [-0.39, 0.29) is 6.29 Å². The minimum Gasteiger partial charge on any atom is -0.348 e. The van der Waals surface area contributed by atoms with Crippen molar-refractivity contribution in [3.63, 3.8) is 0 Å². The Labute approximate surface area is 152 Å². The lowest BCUT2D eigenvalue weighted by Gasteiger charge is -2.32. The standard InChI is InChI=1S/C22H31NO2/c1-2-3-17-4-6-18(7-5-17)8-9-20-15-24-22(25-16-20)21-12-10-19(14-23)11-13-21/h10-13,17-18,20,22H,2-9,15-16H2,1H3/t17-,18-,20-,22-. The third-order valence-corrected chi connectivity index (χ3v) is 5.92. The molecule has 1 saturated carbocycles. The van der Waals surface area contributed by atoms with Gasteiger partial charge in [-0.15, -0.1) is 0 Å². The van der Waals surface area contributed by atoms with Crippen molar-refractivity contribution in [3.05, 3.63) is 35.4 Å². The molecule has 1 aliphatic heterocycles. The highest BCUT2D eigenvalue weighted by molar-refractivity contribution is 5.32. The first-order chi connectivity index (χ1) is 12.3. The van der Waals surface area contributed by atoms with E-state index < -0.39 is 0 Å². The van der Waals surface area contributed by atoms with Gasteiger partial charge in [-0.1, -0.05) is 64.0 Å². The van der Waals surface area contributed by atoms with Crippen molar-refractivity contribution in [2.45, 2.75) is 64.6 Å². The second-order valence-electron chi connectivity index (χ2n) is 7.85. The highest BCUT2D eigenvalue weighted by Crippen LogP contribution is 2.35. The van der Waals surface area contributed by atoms with Gasteiger partial charge in [-0.05, 0) is 30.4 Å². The first-order valence-electron chi connectivity index (χ1n) is 10.0. The molecule has 0 unspecified atom stereocenters. The third-order valence-electron chi connectivity index (χ3n) is 5.92. The summed E-state index contributed by atoms with van der Waals surface area (Å²) in [5.41, 5.74) is 1.68. The van der Waals surface area contributed by atoms with E-state index >= 15 is 0 Å². The van der Waals surface area contributed by atoms with Gasteiger partial charge >= 0.3 is 0 Å². The Kier molecular flexibility index (Phi) is 6.90. The van der Waals surface area contributed by atoms with E-state index in [0.29, 0.717) is 11.5 Å². The number of nitrogens with zero attached hydrogens (tertiary/aromatic N) is 1. The third kappa shape index (κ3) is 5.30. The van der Waals surface area contributed by atoms with Crippen molar-refractivity contribution in [3.8, 4) is 6.07 Å². The minimum atomic E-state index is -0.270. The predicted octanol–water partition coefficient (Wildman–Crippen LogP) is 5.61. The van der Waals surface area contributed by atoms with Crippen molar-refractivity contribution >= 4 is 0 Å². The molecule has 1 aromatic rings. The maximum atomic E-state index is 8.87. The van der Waals surface area contributed by atoms with Gasteiger partial charge in [-0.25, -0.2) is 0 Å². The number of hydrogen-bond donors (Lipinski definition) is 0. The molecule has 0 amide bonds. The Bertz CT molecular complexity index is 546. The fraction of sp³-hybridized carbons (Fsp3) is 0.682. The predicted molar refractivity (Wildman–Crippen MR) is 98.9 cm³/mol. The van der Waals surface area contributed by atoms with Gasteiger partial charge in [0.05, 0.1) is 24.8 Å². The maximum absolute atomic E-state index is 8.87. The lowest BCUT2D eigenvalue weighted by atomic mass is 9.77. The molecule has 25 heavy (non-hydrogen) atoms. The summed E-state index contributed by atoms with van der Waals surface area (Å²) in [6.07, 6.45) is 10.8. The first kappa shape index (κ1) is 18.4. The van der Waals surface area contributed by atoms with Crippen LogP contribution in [-0.2, 0) is 9.47 Å². The van der Waals surface area contributed by atoms with Crippen molar-refractivity contribution in [1.29, 1.82) is 5.26 Å². The van der Waals surface area contributed by atoms with Crippen LogP contribution in [0.5, 0.6) is 0 Å². The zero-order valence-corrected chi connectivity index (χ0v) is 15.5. The van der Waals surface area contributed by atoms with Crippen LogP contribution in [0.4, 0.5) is 0 Å². The Morgan fingerprint density at radius 3 is 2.00 bits per heavy atom. The molecule has 136 valence electrons. The summed E-state index contributed by atoms with van der Waals surface area (Å²) in [5.74, 6) is 2.45. The summed E-state index contributed by atoms with van der Waals surface area (Å²) in [4.78, 5) is 0. The Morgan fingerprint density at radius 1 is 0.880 bits per heavy atom. The Morgan fingerprint density at radius 2 is 1.44 bits per heavy atom. The van der Waals surface area contributed by atoms with Crippen LogP contribution in [0.25, 0.3) is 0 Å². The van der Waals surface area contributed by atoms with E-state index in [1.165, 1.54) is 51.4 Å². The Hall–Kier alpha value is -1.37. The van der Waals surface area contributed by atoms with E-state index in [1.807, 2.05) is 24.3 Å². The van der Waals surface area contributed by atoms with E-state index in [0.717, 1.165) is 30.6 Å². The van der Waals surface area contributed by atoms with Crippen molar-refractivity contribution in [1.82, 2.24) is 0 Å². The summed E-state index contributed by atoms with van der Waals surface area (Å²) < 4.78 is 11.9. The van der Waals surface area contributed by atoms with Gasteiger partial charge in [0.15, 0.2) is 6.29 Å². The number of ether oxygens (including phenoxy) is 2. The molecule has 2 fully saturated rings. The van der Waals surface area contributed by atoms with Gasteiger partial charge in [0, 0.05) is 11.5 Å². The van der Waals surface area contributed by atoms with E-state index in [2.05, 4.69) is 13.0 Å². The molecule has 3 rings (SSSR count). The molecule has 0 atom stereocenters. The first-order valence-corrected chi connectivity index (χ1v) is 10.0. The quantitative estimate of drug-likeness (QED) is 0.675. The fourth-order valence-electron chi connectivity index (χ4n) is 4.31. The molecule has 0 spiro atoms. The van der Waals surface area contributed by atoms with Crippen molar-refractivity contribution < 1.29 is 9.47 Å². The van der Waals surface area contributed by atoms with Crippen LogP contribution in [0.2, 0.25) is 0 Å². The molecule has 1 saturated heterocycles. The van der Waals surface area contributed by atoms with Gasteiger partial charge in [0.25, 0.3) is 0 Å². The molecule has 2 aliphatic rings. The topological polar surface area (TPSA) is 42.2 Å². The molecule has 0 bridgehead atoms. The van der Waals surface area contributed by atoms with Crippen LogP contribution in [0, 0.1) is 29.1 Å². The largest absolute Gasteiger partial charge is 0.348 e. The lowest BCUT2D eigenvalue weighted by Crippen LogP contribution is -2.27. The van der Waals surface area contributed by atoms with Crippen molar-refractivity contribution in [2.24, 2.45) is 17.8 Å². The second kappa shape index (κ2) is 9.36. The summed E-state index contributed by atoms with van der Waals surface area (Å²) in [5, 5.41) is 8.87. The monoisotopic (exact) mass is 341 g/mol. The van der Waals surface area contributed by atoms with Crippen molar-refractivity contribution in [2.75, 3.05) is 13.2 Å². The molecular weight excluding hydrogens is 310 g/mol. The van der Waals surface area contributed by atoms with Crippen LogP contribution in [0.3, 0.4) is 0 Å². The average Bonchev–Trinajstić information content (AvgIpc) is 2.68. The smallest absolute Gasteiger partial charge is 0.183 e. The number of benzene rings is 1. The second-order valence-corrected chi connectivity index (χ2v) is 7.85. The van der Waals surface area contributed by atoms with Crippen LogP contribution in [0.15, 0.2) is 24.3 Å². The fourth-order valence-corrected chi connectivity index (χ4v) is 4.31. The summed E-state index contributed by atoms with van der Waals surface area (Å²) in [6.45, 7) is 3.88. The molecule has 1 aliphatic carbocycles. The molecule has 1 aromatic carbocycles. The van der Waals surface area contributed by atoms with Crippen LogP contribution < -0.4 is 0 Å². The van der Waals surface area contributed by atoms with Gasteiger partial charge in [-0.2, -0.15) is 5.26 Å². The SMILES string of the molecule is CCC[C@H]1CC[C@H](CC[C@H]2CO[C@H](c3ccc(C#N)cc3)OC2)CC1. The summed E-state index contributed by atoms with van der Waals surface area (Å²) >= 11 is 0. The summed E-state index contributed by atoms with van der Waals surface area (Å²) in [6, 6.07) is 9.64. The molecule has 1 heterocycles. The normalized spacial score (nSPS) is 29.9. The Balaban J connectivity index is 1.36. The summed E-state index contributed by atoms with van der Waals surface area (Å²) in [7, 11) is 0. The van der Waals surface area contributed by atoms with Crippen LogP contribution in [-0.4, -0.2) is 13.2 Å². The van der Waals surface area contributed by atoms with E-state index in [9.17, 15) is 0 Å². The lowest BCUT2D eigenvalue weighted by molar-refractivity contribution is -0.206. The molecular formula is C22H31NO2. The van der Waals surface area contributed by atoms with Gasteiger partial charge in [0.2, 0.25) is 0 Å². The number of rotatable bonds is 6. The van der Waals surface area contributed by atoms with Gasteiger partial charge in [0.1, 0.15) is 0 Å². The number of nitriles is 1. The van der Waals surface area contributed by atoms with E-state index in [1.54, 1.807) is 0 Å². The molecule has 3 nitrogen and oxygen atoms in total. The maximum Gasteiger partial charge on any atom is 0.183 e. The average molecular weight is 341 g/mol. The zero-order chi connectivity index (χ0) is 17.5. The minimum absolute atomic E-state index is 0.270. The van der Waals surface area contributed by atoms with Crippen LogP contribution in [0.1, 0.15) is 75.7 Å². The highest BCUT2D eigenvalue weighted by atomic mass is 16.7. The molecule has 0 aromatic heterocycles. The zero-order valence-electron chi connectivity index (χ0n) is 15.5. The number of hydrogen-bond acceptors (Lipinski definition) is 3. The van der Waals surface area contributed by atoms with Gasteiger partial charge < -0.3 is 9.47 Å². The molecule has 0 N–H and O–H groups in total. The molecule has 0 radical (unpaired) electrons. The van der Waals surface area contributed by atoms with Gasteiger partial charge in [-0.3, -0.25) is 0 Å². The van der Waals surface area contributed by atoms with E-state index in [4.69, 9.17) is 14.7 Å². The highest BCUT2D eigenvalue weighted by Gasteiger charge is 2.26.